The zero-order valence-electron chi connectivity index (χ0n) is 10.7. The Kier molecular flexibility index (Phi) is 3.80. The van der Waals surface area contributed by atoms with Crippen molar-refractivity contribution in [3.05, 3.63) is 47.0 Å². The maximum absolute atomic E-state index is 13.8. The van der Waals surface area contributed by atoms with Crippen molar-refractivity contribution in [2.24, 2.45) is 12.8 Å². The lowest BCUT2D eigenvalue weighted by molar-refractivity contribution is 0.280. The van der Waals surface area contributed by atoms with Gasteiger partial charge in [0.25, 0.3) is 0 Å². The summed E-state index contributed by atoms with van der Waals surface area (Å²) in [6, 6.07) is 6.32. The molecule has 0 radical (unpaired) electrons. The molecular weight excluding hydrogens is 265 g/mol. The van der Waals surface area contributed by atoms with E-state index in [4.69, 9.17) is 22.7 Å². The molecule has 1 aromatic carbocycles. The molecule has 0 spiro atoms. The summed E-state index contributed by atoms with van der Waals surface area (Å²) in [5.41, 5.74) is 7.68. The van der Waals surface area contributed by atoms with Gasteiger partial charge < -0.3 is 10.5 Å². The predicted octanol–water partition coefficient (Wildman–Crippen LogP) is 2.08. The molecule has 6 heteroatoms. The third kappa shape index (κ3) is 3.08. The summed E-state index contributed by atoms with van der Waals surface area (Å²) >= 11 is 4.78. The molecule has 0 bridgehead atoms. The number of hydrogen-bond acceptors (Lipinski definition) is 3. The van der Waals surface area contributed by atoms with Crippen LogP contribution in [0.3, 0.4) is 0 Å². The number of nitrogens with two attached hydrogens (primary N) is 1. The van der Waals surface area contributed by atoms with Gasteiger partial charge in [0, 0.05) is 12.6 Å². The number of rotatable bonds is 4. The van der Waals surface area contributed by atoms with Gasteiger partial charge in [-0.05, 0) is 31.2 Å². The standard InChI is InChI=1S/C13H14FN3OS/c1-8-5-10(17(2)16-8)7-18-12-4-3-9(13(15)19)6-11(12)14/h3-6H,7H2,1-2H3,(H2,15,19). The van der Waals surface area contributed by atoms with Crippen LogP contribution in [0.25, 0.3) is 0 Å². The van der Waals surface area contributed by atoms with Crippen LogP contribution < -0.4 is 10.5 Å². The first-order valence-electron chi connectivity index (χ1n) is 5.69. The molecule has 0 saturated carbocycles. The molecule has 100 valence electrons. The highest BCUT2D eigenvalue weighted by molar-refractivity contribution is 7.80. The Hall–Kier alpha value is -1.95. The zero-order chi connectivity index (χ0) is 14.0. The molecule has 1 heterocycles. The molecule has 0 unspecified atom stereocenters. The minimum absolute atomic E-state index is 0.160. The van der Waals surface area contributed by atoms with Crippen molar-refractivity contribution in [2.75, 3.05) is 0 Å². The third-order valence-electron chi connectivity index (χ3n) is 2.69. The van der Waals surface area contributed by atoms with E-state index in [1.807, 2.05) is 20.0 Å². The zero-order valence-corrected chi connectivity index (χ0v) is 11.5. The van der Waals surface area contributed by atoms with Crippen LogP contribution in [0.1, 0.15) is 17.0 Å². The molecule has 0 fully saturated rings. The topological polar surface area (TPSA) is 53.1 Å². The highest BCUT2D eigenvalue weighted by Gasteiger charge is 2.08. The number of aryl methyl sites for hydroxylation is 2. The number of nitrogens with zero attached hydrogens (tertiary/aromatic N) is 2. The maximum atomic E-state index is 13.8. The van der Waals surface area contributed by atoms with Crippen LogP contribution in [0.4, 0.5) is 4.39 Å². The maximum Gasteiger partial charge on any atom is 0.165 e. The van der Waals surface area contributed by atoms with E-state index >= 15 is 0 Å². The highest BCUT2D eigenvalue weighted by atomic mass is 32.1. The first kappa shape index (κ1) is 13.5. The molecule has 19 heavy (non-hydrogen) atoms. The van der Waals surface area contributed by atoms with E-state index in [1.165, 1.54) is 12.1 Å². The van der Waals surface area contributed by atoms with Gasteiger partial charge in [0.1, 0.15) is 11.6 Å². The molecule has 2 aromatic rings. The van der Waals surface area contributed by atoms with Gasteiger partial charge in [-0.3, -0.25) is 4.68 Å². The van der Waals surface area contributed by atoms with E-state index < -0.39 is 5.82 Å². The largest absolute Gasteiger partial charge is 0.484 e. The van der Waals surface area contributed by atoms with Crippen molar-refractivity contribution < 1.29 is 9.13 Å². The predicted molar refractivity (Wildman–Crippen MR) is 74.6 cm³/mol. The summed E-state index contributed by atoms with van der Waals surface area (Å²) in [4.78, 5) is 0.160. The quantitative estimate of drug-likeness (QED) is 0.871. The van der Waals surface area contributed by atoms with E-state index in [0.29, 0.717) is 5.56 Å². The number of benzene rings is 1. The number of halogens is 1. The van der Waals surface area contributed by atoms with Crippen molar-refractivity contribution in [3.63, 3.8) is 0 Å². The van der Waals surface area contributed by atoms with Gasteiger partial charge in [0.2, 0.25) is 0 Å². The molecule has 0 atom stereocenters. The molecule has 0 aliphatic heterocycles. The normalized spacial score (nSPS) is 10.5. The molecular formula is C13H14FN3OS. The summed E-state index contributed by atoms with van der Waals surface area (Å²) < 4.78 is 20.9. The van der Waals surface area contributed by atoms with Crippen molar-refractivity contribution in [3.8, 4) is 5.75 Å². The van der Waals surface area contributed by atoms with E-state index in [0.717, 1.165) is 11.4 Å². The highest BCUT2D eigenvalue weighted by Crippen LogP contribution is 2.19. The van der Waals surface area contributed by atoms with Gasteiger partial charge in [-0.1, -0.05) is 12.2 Å². The summed E-state index contributed by atoms with van der Waals surface area (Å²) in [5.74, 6) is -0.317. The Labute approximate surface area is 116 Å². The van der Waals surface area contributed by atoms with Gasteiger partial charge in [-0.15, -0.1) is 0 Å². The van der Waals surface area contributed by atoms with Crippen LogP contribution in [0.5, 0.6) is 5.75 Å². The van der Waals surface area contributed by atoms with E-state index in [-0.39, 0.29) is 17.3 Å². The van der Waals surface area contributed by atoms with Crippen molar-refractivity contribution >= 4 is 17.2 Å². The van der Waals surface area contributed by atoms with Crippen LogP contribution >= 0.6 is 12.2 Å². The summed E-state index contributed by atoms with van der Waals surface area (Å²) in [7, 11) is 1.82. The SMILES string of the molecule is Cc1cc(COc2ccc(C(N)=S)cc2F)n(C)n1. The molecule has 1 aromatic heterocycles. The molecule has 0 aliphatic rings. The summed E-state index contributed by atoms with van der Waals surface area (Å²) in [6.07, 6.45) is 0. The van der Waals surface area contributed by atoms with Gasteiger partial charge >= 0.3 is 0 Å². The number of thiocarbonyl (C=S) groups is 1. The number of ether oxygens (including phenoxy) is 1. The molecule has 0 saturated heterocycles. The van der Waals surface area contributed by atoms with Crippen LogP contribution in [0, 0.1) is 12.7 Å². The Morgan fingerprint density at radius 1 is 1.47 bits per heavy atom. The minimum atomic E-state index is -0.482. The molecule has 0 amide bonds. The van der Waals surface area contributed by atoms with Crippen LogP contribution in [0.2, 0.25) is 0 Å². The fraction of sp³-hybridized carbons (Fsp3) is 0.231. The number of aromatic nitrogens is 2. The van der Waals surface area contributed by atoms with Gasteiger partial charge in [0.15, 0.2) is 11.6 Å². The van der Waals surface area contributed by atoms with E-state index in [2.05, 4.69) is 5.10 Å². The first-order chi connectivity index (χ1) is 8.97. The van der Waals surface area contributed by atoms with Crippen molar-refractivity contribution in [2.45, 2.75) is 13.5 Å². The lowest BCUT2D eigenvalue weighted by atomic mass is 10.2. The monoisotopic (exact) mass is 279 g/mol. The van der Waals surface area contributed by atoms with Crippen LogP contribution in [-0.4, -0.2) is 14.8 Å². The molecule has 0 aliphatic carbocycles. The smallest absolute Gasteiger partial charge is 0.165 e. The van der Waals surface area contributed by atoms with Crippen molar-refractivity contribution in [1.82, 2.24) is 9.78 Å². The second-order valence-electron chi connectivity index (χ2n) is 4.20. The number of hydrogen-bond donors (Lipinski definition) is 1. The Morgan fingerprint density at radius 3 is 2.74 bits per heavy atom. The van der Waals surface area contributed by atoms with Crippen molar-refractivity contribution in [1.29, 1.82) is 0 Å². The van der Waals surface area contributed by atoms with Gasteiger partial charge in [-0.2, -0.15) is 5.10 Å². The van der Waals surface area contributed by atoms with Crippen LogP contribution in [0.15, 0.2) is 24.3 Å². The fourth-order valence-electron chi connectivity index (χ4n) is 1.72. The van der Waals surface area contributed by atoms with Gasteiger partial charge in [0.05, 0.1) is 11.4 Å². The first-order valence-corrected chi connectivity index (χ1v) is 6.10. The second-order valence-corrected chi connectivity index (χ2v) is 4.64. The summed E-state index contributed by atoms with van der Waals surface area (Å²) in [5, 5.41) is 4.19. The average Bonchev–Trinajstić information content (AvgIpc) is 2.66. The van der Waals surface area contributed by atoms with Crippen LogP contribution in [-0.2, 0) is 13.7 Å². The van der Waals surface area contributed by atoms with Gasteiger partial charge in [-0.25, -0.2) is 4.39 Å². The third-order valence-corrected chi connectivity index (χ3v) is 2.93. The molecule has 2 rings (SSSR count). The molecule has 4 nitrogen and oxygen atoms in total. The van der Waals surface area contributed by atoms with E-state index in [1.54, 1.807) is 10.7 Å². The minimum Gasteiger partial charge on any atom is -0.484 e. The molecule has 2 N–H and O–H groups in total. The Bertz CT molecular complexity index is 624. The van der Waals surface area contributed by atoms with E-state index in [9.17, 15) is 4.39 Å². The second kappa shape index (κ2) is 5.36. The Balaban J connectivity index is 2.12. The average molecular weight is 279 g/mol. The fourth-order valence-corrected chi connectivity index (χ4v) is 1.85. The lowest BCUT2D eigenvalue weighted by Crippen LogP contribution is -2.10. The Morgan fingerprint density at radius 2 is 2.21 bits per heavy atom. The lowest BCUT2D eigenvalue weighted by Gasteiger charge is -2.08. The summed E-state index contributed by atoms with van der Waals surface area (Å²) in [6.45, 7) is 2.14.